The highest BCUT2D eigenvalue weighted by molar-refractivity contribution is 6.31. The van der Waals surface area contributed by atoms with Crippen LogP contribution < -0.4 is 5.73 Å². The van der Waals surface area contributed by atoms with Gasteiger partial charge in [-0.3, -0.25) is 4.98 Å². The number of halogens is 5. The summed E-state index contributed by atoms with van der Waals surface area (Å²) in [7, 11) is 0. The molecule has 2 nitrogen and oxygen atoms in total. The zero-order chi connectivity index (χ0) is 14.9. The zero-order valence-corrected chi connectivity index (χ0v) is 10.7. The van der Waals surface area contributed by atoms with Crippen LogP contribution in [0.15, 0.2) is 36.7 Å². The third-order valence-corrected chi connectivity index (χ3v) is 3.13. The van der Waals surface area contributed by atoms with Gasteiger partial charge in [0, 0.05) is 28.5 Å². The third kappa shape index (κ3) is 2.76. The van der Waals surface area contributed by atoms with Gasteiger partial charge in [-0.2, -0.15) is 13.2 Å². The van der Waals surface area contributed by atoms with Crippen LogP contribution in [0.5, 0.6) is 0 Å². The number of pyridine rings is 1. The standard InChI is InChI=1S/C13H9ClF4N2/c14-9-2-1-3-10(15)11(9)12(19)7-6-20-5-4-8(7)13(16,17)18/h1-6,12H,19H2. The van der Waals surface area contributed by atoms with Crippen molar-refractivity contribution in [3.63, 3.8) is 0 Å². The first-order chi connectivity index (χ1) is 9.32. The van der Waals surface area contributed by atoms with Crippen molar-refractivity contribution in [3.05, 3.63) is 64.2 Å². The molecule has 0 aliphatic heterocycles. The highest BCUT2D eigenvalue weighted by Crippen LogP contribution is 2.37. The molecule has 0 spiro atoms. The van der Waals surface area contributed by atoms with Crippen LogP contribution >= 0.6 is 11.6 Å². The molecular weight excluding hydrogens is 296 g/mol. The Morgan fingerprint density at radius 3 is 2.50 bits per heavy atom. The average molecular weight is 305 g/mol. The van der Waals surface area contributed by atoms with Gasteiger partial charge < -0.3 is 5.73 Å². The van der Waals surface area contributed by atoms with Gasteiger partial charge in [-0.15, -0.1) is 0 Å². The van der Waals surface area contributed by atoms with Crippen molar-refractivity contribution in [3.8, 4) is 0 Å². The van der Waals surface area contributed by atoms with E-state index >= 15 is 0 Å². The van der Waals surface area contributed by atoms with Crippen LogP contribution in [0.25, 0.3) is 0 Å². The molecule has 1 aromatic heterocycles. The lowest BCUT2D eigenvalue weighted by molar-refractivity contribution is -0.138. The number of aromatic nitrogens is 1. The van der Waals surface area contributed by atoms with Crippen molar-refractivity contribution in [2.45, 2.75) is 12.2 Å². The molecule has 0 aliphatic carbocycles. The number of rotatable bonds is 2. The number of hydrogen-bond donors (Lipinski definition) is 1. The molecule has 0 radical (unpaired) electrons. The van der Waals surface area contributed by atoms with Crippen molar-refractivity contribution in [2.24, 2.45) is 5.73 Å². The molecule has 1 aromatic carbocycles. The van der Waals surface area contributed by atoms with Gasteiger partial charge in [0.05, 0.1) is 11.6 Å². The first-order valence-corrected chi connectivity index (χ1v) is 5.90. The second kappa shape index (κ2) is 5.38. The van der Waals surface area contributed by atoms with E-state index in [9.17, 15) is 17.6 Å². The van der Waals surface area contributed by atoms with E-state index in [0.717, 1.165) is 24.5 Å². The normalized spacial score (nSPS) is 13.3. The third-order valence-electron chi connectivity index (χ3n) is 2.80. The van der Waals surface area contributed by atoms with E-state index in [1.54, 1.807) is 0 Å². The van der Waals surface area contributed by atoms with Gasteiger partial charge in [-0.25, -0.2) is 4.39 Å². The lowest BCUT2D eigenvalue weighted by atomic mass is 9.96. The van der Waals surface area contributed by atoms with E-state index in [1.165, 1.54) is 12.1 Å². The molecule has 0 amide bonds. The quantitative estimate of drug-likeness (QED) is 0.854. The van der Waals surface area contributed by atoms with Crippen molar-refractivity contribution in [1.82, 2.24) is 4.98 Å². The molecule has 2 N–H and O–H groups in total. The number of nitrogens with zero attached hydrogens (tertiary/aromatic N) is 1. The summed E-state index contributed by atoms with van der Waals surface area (Å²) in [5, 5.41) is -0.0329. The van der Waals surface area contributed by atoms with E-state index < -0.39 is 23.6 Å². The van der Waals surface area contributed by atoms with Crippen molar-refractivity contribution >= 4 is 11.6 Å². The predicted molar refractivity (Wildman–Crippen MR) is 66.7 cm³/mol. The van der Waals surface area contributed by atoms with Crippen LogP contribution in [0.4, 0.5) is 17.6 Å². The molecule has 1 heterocycles. The molecule has 0 saturated carbocycles. The van der Waals surface area contributed by atoms with Gasteiger partial charge in [0.1, 0.15) is 5.82 Å². The summed E-state index contributed by atoms with van der Waals surface area (Å²) in [5.74, 6) is -0.762. The summed E-state index contributed by atoms with van der Waals surface area (Å²) in [6.45, 7) is 0. The fraction of sp³-hybridized carbons (Fsp3) is 0.154. The molecule has 2 aromatic rings. The van der Waals surface area contributed by atoms with Crippen LogP contribution in [0.2, 0.25) is 5.02 Å². The van der Waals surface area contributed by atoms with Gasteiger partial charge in [-0.05, 0) is 18.2 Å². The number of benzene rings is 1. The second-order valence-electron chi connectivity index (χ2n) is 4.07. The fourth-order valence-corrected chi connectivity index (χ4v) is 2.16. The summed E-state index contributed by atoms with van der Waals surface area (Å²) in [6.07, 6.45) is -2.63. The zero-order valence-electron chi connectivity index (χ0n) is 9.96. The van der Waals surface area contributed by atoms with Crippen LogP contribution in [0, 0.1) is 5.82 Å². The average Bonchev–Trinajstić information content (AvgIpc) is 2.37. The molecule has 20 heavy (non-hydrogen) atoms. The van der Waals surface area contributed by atoms with E-state index in [-0.39, 0.29) is 16.1 Å². The maximum atomic E-state index is 13.7. The van der Waals surface area contributed by atoms with Crippen molar-refractivity contribution < 1.29 is 17.6 Å². The minimum atomic E-state index is -4.60. The van der Waals surface area contributed by atoms with Gasteiger partial charge in [0.15, 0.2) is 0 Å². The summed E-state index contributed by atoms with van der Waals surface area (Å²) in [6, 6.07) is 3.24. The number of hydrogen-bond acceptors (Lipinski definition) is 2. The van der Waals surface area contributed by atoms with E-state index in [2.05, 4.69) is 4.98 Å². The topological polar surface area (TPSA) is 38.9 Å². The number of alkyl halides is 3. The van der Waals surface area contributed by atoms with E-state index in [0.29, 0.717) is 0 Å². The molecule has 0 aliphatic rings. The molecule has 2 rings (SSSR count). The highest BCUT2D eigenvalue weighted by atomic mass is 35.5. The largest absolute Gasteiger partial charge is 0.416 e. The first-order valence-electron chi connectivity index (χ1n) is 5.53. The van der Waals surface area contributed by atoms with Gasteiger partial charge >= 0.3 is 6.18 Å². The smallest absolute Gasteiger partial charge is 0.320 e. The van der Waals surface area contributed by atoms with Gasteiger partial charge in [-0.1, -0.05) is 17.7 Å². The summed E-state index contributed by atoms with van der Waals surface area (Å²) in [5.41, 5.74) is 4.28. The van der Waals surface area contributed by atoms with Gasteiger partial charge in [0.2, 0.25) is 0 Å². The molecule has 1 unspecified atom stereocenters. The maximum absolute atomic E-state index is 13.7. The molecule has 106 valence electrons. The lowest BCUT2D eigenvalue weighted by Crippen LogP contribution is -2.20. The fourth-order valence-electron chi connectivity index (χ4n) is 1.88. The Bertz CT molecular complexity index is 608. The first kappa shape index (κ1) is 14.7. The number of nitrogens with two attached hydrogens (primary N) is 1. The Morgan fingerprint density at radius 1 is 1.20 bits per heavy atom. The van der Waals surface area contributed by atoms with Crippen LogP contribution in [0.3, 0.4) is 0 Å². The monoisotopic (exact) mass is 304 g/mol. The Labute approximate surface area is 117 Å². The van der Waals surface area contributed by atoms with E-state index in [1.807, 2.05) is 0 Å². The van der Waals surface area contributed by atoms with Crippen LogP contribution in [-0.4, -0.2) is 4.98 Å². The van der Waals surface area contributed by atoms with Crippen LogP contribution in [0.1, 0.15) is 22.7 Å². The molecule has 1 atom stereocenters. The minimum absolute atomic E-state index is 0.0329. The summed E-state index contributed by atoms with van der Waals surface area (Å²) in [4.78, 5) is 3.62. The molecule has 0 fully saturated rings. The highest BCUT2D eigenvalue weighted by Gasteiger charge is 2.35. The van der Waals surface area contributed by atoms with Crippen molar-refractivity contribution in [2.75, 3.05) is 0 Å². The Hall–Kier alpha value is -1.66. The molecule has 0 bridgehead atoms. The maximum Gasteiger partial charge on any atom is 0.416 e. The molecular formula is C13H9ClF4N2. The predicted octanol–water partition coefficient (Wildman–Crippen LogP) is 3.94. The summed E-state index contributed by atoms with van der Waals surface area (Å²) >= 11 is 5.82. The Balaban J connectivity index is 2.58. The van der Waals surface area contributed by atoms with Gasteiger partial charge in [0.25, 0.3) is 0 Å². The van der Waals surface area contributed by atoms with E-state index in [4.69, 9.17) is 17.3 Å². The SMILES string of the molecule is NC(c1cnccc1C(F)(F)F)c1c(F)cccc1Cl. The second-order valence-corrected chi connectivity index (χ2v) is 4.48. The summed E-state index contributed by atoms with van der Waals surface area (Å²) < 4.78 is 52.5. The van der Waals surface area contributed by atoms with Crippen LogP contribution in [-0.2, 0) is 6.18 Å². The molecule has 0 saturated heterocycles. The Kier molecular flexibility index (Phi) is 3.96. The lowest BCUT2D eigenvalue weighted by Gasteiger charge is -2.19. The molecule has 7 heteroatoms. The van der Waals surface area contributed by atoms with Crippen molar-refractivity contribution in [1.29, 1.82) is 0 Å². The Morgan fingerprint density at radius 2 is 1.90 bits per heavy atom. The minimum Gasteiger partial charge on any atom is -0.320 e.